The molecule has 1 N–H and O–H groups in total. The molecular weight excluding hydrogens is 236 g/mol. The van der Waals surface area contributed by atoms with Gasteiger partial charge in [-0.3, -0.25) is 9.67 Å². The van der Waals surface area contributed by atoms with Crippen molar-refractivity contribution in [1.82, 2.24) is 20.1 Å². The van der Waals surface area contributed by atoms with Gasteiger partial charge in [0.15, 0.2) is 0 Å². The number of rotatable bonds is 2. The Kier molecular flexibility index (Phi) is 3.34. The summed E-state index contributed by atoms with van der Waals surface area (Å²) in [7, 11) is 2.03. The number of aryl methyl sites for hydroxylation is 1. The maximum absolute atomic E-state index is 4.77. The number of nitrogens with one attached hydrogen (secondary N) is 1. The van der Waals surface area contributed by atoms with Crippen molar-refractivity contribution in [3.05, 3.63) is 35.9 Å². The minimum Gasteiger partial charge on any atom is -0.316 e. The second-order valence-electron chi connectivity index (χ2n) is 5.25. The Morgan fingerprint density at radius 3 is 2.79 bits per heavy atom. The molecule has 1 unspecified atom stereocenters. The molecule has 1 saturated heterocycles. The molecule has 3 heterocycles. The van der Waals surface area contributed by atoms with E-state index < -0.39 is 0 Å². The van der Waals surface area contributed by atoms with Gasteiger partial charge in [0.2, 0.25) is 0 Å². The molecule has 4 heteroatoms. The van der Waals surface area contributed by atoms with Crippen LogP contribution in [0.1, 0.15) is 30.1 Å². The van der Waals surface area contributed by atoms with Gasteiger partial charge >= 0.3 is 0 Å². The molecule has 0 spiro atoms. The molecule has 2 aromatic heterocycles. The van der Waals surface area contributed by atoms with Crippen molar-refractivity contribution in [2.45, 2.75) is 25.7 Å². The lowest BCUT2D eigenvalue weighted by molar-refractivity contribution is 0.452. The fraction of sp³-hybridized carbons (Fsp3) is 0.467. The Balaban J connectivity index is 2.07. The number of piperidine rings is 1. The topological polar surface area (TPSA) is 42.7 Å². The van der Waals surface area contributed by atoms with Crippen LogP contribution in [0.25, 0.3) is 11.1 Å². The van der Waals surface area contributed by atoms with Gasteiger partial charge in [-0.2, -0.15) is 5.10 Å². The van der Waals surface area contributed by atoms with Crippen LogP contribution in [0.4, 0.5) is 0 Å². The van der Waals surface area contributed by atoms with Crippen LogP contribution in [-0.2, 0) is 7.05 Å². The molecule has 19 heavy (non-hydrogen) atoms. The predicted octanol–water partition coefficient (Wildman–Crippen LogP) is 2.26. The van der Waals surface area contributed by atoms with Crippen LogP contribution in [0.3, 0.4) is 0 Å². The van der Waals surface area contributed by atoms with E-state index in [1.807, 2.05) is 24.1 Å². The molecule has 2 aromatic rings. The molecule has 1 aliphatic heterocycles. The molecule has 4 nitrogen and oxygen atoms in total. The van der Waals surface area contributed by atoms with E-state index in [1.54, 1.807) is 0 Å². The second kappa shape index (κ2) is 5.13. The first-order valence-electron chi connectivity index (χ1n) is 6.92. The van der Waals surface area contributed by atoms with E-state index in [9.17, 15) is 0 Å². The fourth-order valence-corrected chi connectivity index (χ4v) is 2.88. The number of pyridine rings is 1. The molecule has 0 aromatic carbocycles. The third-order valence-electron chi connectivity index (χ3n) is 4.01. The third kappa shape index (κ3) is 2.28. The Hall–Kier alpha value is -1.68. The van der Waals surface area contributed by atoms with Gasteiger partial charge in [-0.05, 0) is 44.0 Å². The summed E-state index contributed by atoms with van der Waals surface area (Å²) in [4.78, 5) is 4.11. The summed E-state index contributed by atoms with van der Waals surface area (Å²) >= 11 is 0. The summed E-state index contributed by atoms with van der Waals surface area (Å²) in [6.07, 6.45) is 6.16. The van der Waals surface area contributed by atoms with Crippen molar-refractivity contribution in [1.29, 1.82) is 0 Å². The molecule has 0 bridgehead atoms. The Bertz CT molecular complexity index is 553. The first-order valence-corrected chi connectivity index (χ1v) is 6.92. The monoisotopic (exact) mass is 256 g/mol. The highest BCUT2D eigenvalue weighted by molar-refractivity contribution is 5.69. The van der Waals surface area contributed by atoms with Gasteiger partial charge in [-0.1, -0.05) is 0 Å². The summed E-state index contributed by atoms with van der Waals surface area (Å²) < 4.78 is 2.00. The third-order valence-corrected chi connectivity index (χ3v) is 4.01. The molecule has 3 rings (SSSR count). The Morgan fingerprint density at radius 1 is 1.32 bits per heavy atom. The van der Waals surface area contributed by atoms with Crippen LogP contribution in [-0.4, -0.2) is 27.9 Å². The van der Waals surface area contributed by atoms with Crippen LogP contribution in [0.5, 0.6) is 0 Å². The van der Waals surface area contributed by atoms with E-state index in [-0.39, 0.29) is 0 Å². The molecule has 0 radical (unpaired) electrons. The molecular formula is C15H20N4. The van der Waals surface area contributed by atoms with Gasteiger partial charge in [-0.15, -0.1) is 0 Å². The van der Waals surface area contributed by atoms with E-state index in [2.05, 4.69) is 29.4 Å². The van der Waals surface area contributed by atoms with Crippen LogP contribution in [0.15, 0.2) is 24.5 Å². The zero-order valence-corrected chi connectivity index (χ0v) is 11.6. The molecule has 1 aliphatic rings. The van der Waals surface area contributed by atoms with E-state index in [0.29, 0.717) is 5.92 Å². The van der Waals surface area contributed by atoms with E-state index in [0.717, 1.165) is 13.1 Å². The molecule has 0 saturated carbocycles. The largest absolute Gasteiger partial charge is 0.316 e. The SMILES string of the molecule is Cc1c(-c2ccncc2)c(C2CCCNC2)nn1C. The molecule has 1 atom stereocenters. The average Bonchev–Trinajstić information content (AvgIpc) is 2.77. The highest BCUT2D eigenvalue weighted by Gasteiger charge is 2.24. The summed E-state index contributed by atoms with van der Waals surface area (Å²) in [6, 6.07) is 4.15. The van der Waals surface area contributed by atoms with E-state index in [1.165, 1.54) is 35.4 Å². The quantitative estimate of drug-likeness (QED) is 0.896. The minimum absolute atomic E-state index is 0.525. The van der Waals surface area contributed by atoms with E-state index >= 15 is 0 Å². The lowest BCUT2D eigenvalue weighted by atomic mass is 9.91. The normalized spacial score (nSPS) is 19.6. The standard InChI is InChI=1S/C15H20N4/c1-11-14(12-5-8-16-9-6-12)15(18-19(11)2)13-4-3-7-17-10-13/h5-6,8-9,13,17H,3-4,7,10H2,1-2H3. The minimum atomic E-state index is 0.525. The Labute approximate surface area is 113 Å². The maximum atomic E-state index is 4.77. The van der Waals surface area contributed by atoms with Crippen molar-refractivity contribution in [2.75, 3.05) is 13.1 Å². The summed E-state index contributed by atoms with van der Waals surface area (Å²) in [6.45, 7) is 4.31. The van der Waals surface area contributed by atoms with Crippen LogP contribution < -0.4 is 5.32 Å². The summed E-state index contributed by atoms with van der Waals surface area (Å²) in [5.74, 6) is 0.525. The van der Waals surface area contributed by atoms with Gasteiger partial charge in [0.05, 0.1) is 5.69 Å². The number of hydrogen-bond acceptors (Lipinski definition) is 3. The second-order valence-corrected chi connectivity index (χ2v) is 5.25. The fourth-order valence-electron chi connectivity index (χ4n) is 2.88. The highest BCUT2D eigenvalue weighted by Crippen LogP contribution is 2.33. The predicted molar refractivity (Wildman–Crippen MR) is 76.0 cm³/mol. The van der Waals surface area contributed by atoms with Crippen molar-refractivity contribution in [3.8, 4) is 11.1 Å². The van der Waals surface area contributed by atoms with E-state index in [4.69, 9.17) is 5.10 Å². The zero-order chi connectivity index (χ0) is 13.2. The first-order chi connectivity index (χ1) is 9.27. The molecule has 1 fully saturated rings. The lowest BCUT2D eigenvalue weighted by Gasteiger charge is -2.22. The number of hydrogen-bond donors (Lipinski definition) is 1. The van der Waals surface area contributed by atoms with Crippen molar-refractivity contribution in [2.24, 2.45) is 7.05 Å². The molecule has 0 amide bonds. The number of nitrogens with zero attached hydrogens (tertiary/aromatic N) is 3. The zero-order valence-electron chi connectivity index (χ0n) is 11.6. The lowest BCUT2D eigenvalue weighted by Crippen LogP contribution is -2.28. The Morgan fingerprint density at radius 2 is 2.11 bits per heavy atom. The van der Waals surface area contributed by atoms with Gasteiger partial charge in [0, 0.05) is 43.2 Å². The average molecular weight is 256 g/mol. The van der Waals surface area contributed by atoms with Crippen molar-refractivity contribution < 1.29 is 0 Å². The van der Waals surface area contributed by atoms with Crippen LogP contribution >= 0.6 is 0 Å². The summed E-state index contributed by atoms with van der Waals surface area (Å²) in [5.41, 5.74) is 4.98. The van der Waals surface area contributed by atoms with Crippen LogP contribution in [0, 0.1) is 6.92 Å². The maximum Gasteiger partial charge on any atom is 0.0749 e. The van der Waals surface area contributed by atoms with Gasteiger partial charge in [0.25, 0.3) is 0 Å². The molecule has 0 aliphatic carbocycles. The van der Waals surface area contributed by atoms with Crippen molar-refractivity contribution in [3.63, 3.8) is 0 Å². The van der Waals surface area contributed by atoms with Crippen LogP contribution in [0.2, 0.25) is 0 Å². The van der Waals surface area contributed by atoms with Gasteiger partial charge in [0.1, 0.15) is 0 Å². The van der Waals surface area contributed by atoms with Crippen molar-refractivity contribution >= 4 is 0 Å². The van der Waals surface area contributed by atoms with Gasteiger partial charge < -0.3 is 5.32 Å². The smallest absolute Gasteiger partial charge is 0.0749 e. The highest BCUT2D eigenvalue weighted by atomic mass is 15.3. The number of aromatic nitrogens is 3. The molecule has 100 valence electrons. The van der Waals surface area contributed by atoms with Gasteiger partial charge in [-0.25, -0.2) is 0 Å². The first kappa shape index (κ1) is 12.4. The summed E-state index contributed by atoms with van der Waals surface area (Å²) in [5, 5.41) is 8.25.